The van der Waals surface area contributed by atoms with Gasteiger partial charge in [-0.05, 0) is 0 Å². The fourth-order valence-electron chi connectivity index (χ4n) is 0.776. The molecule has 12 heteroatoms. The third-order valence-corrected chi connectivity index (χ3v) is 2.10. The van der Waals surface area contributed by atoms with Crippen LogP contribution in [0.1, 0.15) is 0 Å². The molecule has 0 spiro atoms. The Labute approximate surface area is 147 Å². The fourth-order valence-corrected chi connectivity index (χ4v) is 1.11. The van der Waals surface area contributed by atoms with Crippen LogP contribution in [0.4, 0.5) is 0 Å². The zero-order valence-electron chi connectivity index (χ0n) is 9.87. The van der Waals surface area contributed by atoms with E-state index in [1.54, 1.807) is 0 Å². The maximum atomic E-state index is 10.0. The van der Waals surface area contributed by atoms with Crippen LogP contribution >= 0.6 is 7.82 Å². The number of hydrogen-bond donors (Lipinski definition) is 4. The summed E-state index contributed by atoms with van der Waals surface area (Å²) in [6.07, 6.45) is -8.04. The molecule has 0 aliphatic rings. The summed E-state index contributed by atoms with van der Waals surface area (Å²) in [5.41, 5.74) is 0. The third kappa shape index (κ3) is 10.4. The molecule has 0 heterocycles. The molecular formula is C6H11Na2O9P. The van der Waals surface area contributed by atoms with Crippen molar-refractivity contribution in [3.05, 3.63) is 0 Å². The molecule has 4 N–H and O–H groups in total. The van der Waals surface area contributed by atoms with E-state index >= 15 is 0 Å². The Balaban J connectivity index is -0.00000112. The second-order valence-corrected chi connectivity index (χ2v) is 4.07. The van der Waals surface area contributed by atoms with Crippen LogP contribution in [0, 0.1) is 0 Å². The van der Waals surface area contributed by atoms with Gasteiger partial charge in [0.25, 0.3) is 0 Å². The van der Waals surface area contributed by atoms with Crippen LogP contribution in [0.15, 0.2) is 0 Å². The van der Waals surface area contributed by atoms with Gasteiger partial charge < -0.3 is 44.1 Å². The molecule has 0 aliphatic heterocycles. The number of carbonyl (C=O) groups excluding carboxylic acids is 1. The van der Waals surface area contributed by atoms with Gasteiger partial charge in [0.05, 0.1) is 14.4 Å². The van der Waals surface area contributed by atoms with E-state index in [0.29, 0.717) is 0 Å². The minimum atomic E-state index is -5.30. The van der Waals surface area contributed by atoms with Crippen LogP contribution in [0.5, 0.6) is 0 Å². The van der Waals surface area contributed by atoms with E-state index in [0.717, 1.165) is 0 Å². The molecule has 0 aromatic heterocycles. The molecule has 0 rings (SSSR count). The first-order chi connectivity index (χ1) is 7.19. The van der Waals surface area contributed by atoms with Crippen LogP contribution in [0.3, 0.4) is 0 Å². The molecule has 0 amide bonds. The van der Waals surface area contributed by atoms with E-state index in [1.165, 1.54) is 0 Å². The Morgan fingerprint density at radius 2 is 1.56 bits per heavy atom. The minimum Gasteiger partial charge on any atom is -0.790 e. The van der Waals surface area contributed by atoms with Gasteiger partial charge in [-0.2, -0.15) is 0 Å². The van der Waals surface area contributed by atoms with Gasteiger partial charge in [-0.15, -0.1) is 0 Å². The molecule has 0 saturated carbocycles. The fraction of sp³-hybridized carbons (Fsp3) is 0.833. The summed E-state index contributed by atoms with van der Waals surface area (Å²) in [6, 6.07) is 0. The minimum absolute atomic E-state index is 0. The number of hydrogen-bond acceptors (Lipinski definition) is 9. The van der Waals surface area contributed by atoms with Gasteiger partial charge in [-0.25, -0.2) is 0 Å². The number of phosphoric ester groups is 1. The average Bonchev–Trinajstić information content (AvgIpc) is 2.21. The van der Waals surface area contributed by atoms with Crippen molar-refractivity contribution in [1.29, 1.82) is 0 Å². The molecule has 0 aliphatic carbocycles. The molecule has 0 saturated heterocycles. The average molecular weight is 304 g/mol. The molecule has 18 heavy (non-hydrogen) atoms. The predicted octanol–water partition coefficient (Wildman–Crippen LogP) is -10.5. The maximum absolute atomic E-state index is 10.0. The van der Waals surface area contributed by atoms with E-state index in [1.807, 2.05) is 0 Å². The summed E-state index contributed by atoms with van der Waals surface area (Å²) in [5, 5.41) is 35.9. The Hall–Kier alpha value is 1.62. The monoisotopic (exact) mass is 304 g/mol. The summed E-state index contributed by atoms with van der Waals surface area (Å²) < 4.78 is 13.6. The smallest absolute Gasteiger partial charge is 0.790 e. The van der Waals surface area contributed by atoms with Gasteiger partial charge in [-0.3, -0.25) is 0 Å². The van der Waals surface area contributed by atoms with Crippen molar-refractivity contribution >= 4 is 14.1 Å². The zero-order chi connectivity index (χ0) is 12.9. The Bertz CT molecular complexity index is 272. The first-order valence-electron chi connectivity index (χ1n) is 4.03. The number of aliphatic hydroxyl groups excluding tert-OH is 4. The molecule has 9 nitrogen and oxygen atoms in total. The topological polar surface area (TPSA) is 170 Å². The van der Waals surface area contributed by atoms with Crippen LogP contribution in [-0.2, 0) is 13.9 Å². The Kier molecular flexibility index (Phi) is 15.5. The molecule has 4 atom stereocenters. The normalized spacial score (nSPS) is 17.7. The number of rotatable bonds is 7. The first-order valence-corrected chi connectivity index (χ1v) is 5.49. The third-order valence-electron chi connectivity index (χ3n) is 1.64. The number of aldehydes is 1. The molecule has 0 fully saturated rings. The maximum Gasteiger partial charge on any atom is 1.00 e. The van der Waals surface area contributed by atoms with Crippen LogP contribution < -0.4 is 68.9 Å². The summed E-state index contributed by atoms with van der Waals surface area (Å²) in [6.45, 7) is -1.09. The van der Waals surface area contributed by atoms with E-state index in [4.69, 9.17) is 20.4 Å². The molecular weight excluding hydrogens is 293 g/mol. The predicted molar refractivity (Wildman–Crippen MR) is 43.6 cm³/mol. The summed E-state index contributed by atoms with van der Waals surface area (Å²) in [7, 11) is -5.30. The van der Waals surface area contributed by atoms with Gasteiger partial charge in [0.2, 0.25) is 0 Å². The van der Waals surface area contributed by atoms with Crippen LogP contribution in [0.25, 0.3) is 0 Å². The molecule has 0 aromatic carbocycles. The van der Waals surface area contributed by atoms with Crippen molar-refractivity contribution in [3.63, 3.8) is 0 Å². The van der Waals surface area contributed by atoms with Crippen molar-refractivity contribution in [2.24, 2.45) is 0 Å². The summed E-state index contributed by atoms with van der Waals surface area (Å²) in [5.74, 6) is 0. The number of aliphatic hydroxyl groups is 4. The SMILES string of the molecule is O=C[C@H](O)[C@@H](O)[C@H](O)[C@H](O)COP(=O)([O-])[O-].[Na+].[Na+]. The van der Waals surface area contributed by atoms with E-state index in [9.17, 15) is 19.1 Å². The van der Waals surface area contributed by atoms with Gasteiger partial charge in [-0.1, -0.05) is 0 Å². The van der Waals surface area contributed by atoms with Gasteiger partial charge in [0.1, 0.15) is 24.4 Å². The molecule has 0 unspecified atom stereocenters. The second-order valence-electron chi connectivity index (χ2n) is 2.92. The molecule has 0 aromatic rings. The molecule has 0 bridgehead atoms. The van der Waals surface area contributed by atoms with Crippen LogP contribution in [0.2, 0.25) is 0 Å². The number of phosphoric acid groups is 1. The molecule has 96 valence electrons. The van der Waals surface area contributed by atoms with Gasteiger partial charge in [0.15, 0.2) is 6.29 Å². The van der Waals surface area contributed by atoms with E-state index in [2.05, 4.69) is 4.52 Å². The summed E-state index contributed by atoms with van der Waals surface area (Å²) in [4.78, 5) is 30.0. The van der Waals surface area contributed by atoms with Crippen molar-refractivity contribution < 1.29 is 103 Å². The quantitative estimate of drug-likeness (QED) is 0.202. The number of carbonyl (C=O) groups is 1. The van der Waals surface area contributed by atoms with Crippen molar-refractivity contribution in [3.8, 4) is 0 Å². The largest absolute Gasteiger partial charge is 1.00 e. The van der Waals surface area contributed by atoms with Crippen molar-refractivity contribution in [2.75, 3.05) is 6.61 Å². The van der Waals surface area contributed by atoms with Crippen LogP contribution in [-0.4, -0.2) is 57.7 Å². The second kappa shape index (κ2) is 11.3. The summed E-state index contributed by atoms with van der Waals surface area (Å²) >= 11 is 0. The molecule has 0 radical (unpaired) electrons. The van der Waals surface area contributed by atoms with Gasteiger partial charge in [0, 0.05) is 0 Å². The van der Waals surface area contributed by atoms with Crippen molar-refractivity contribution in [1.82, 2.24) is 0 Å². The Morgan fingerprint density at radius 3 is 1.89 bits per heavy atom. The standard InChI is InChI=1S/C6H13O9P.2Na/c7-1-3(8)5(10)6(11)4(9)2-15-16(12,13)14;;/h1,3-6,8-11H,2H2,(H2,12,13,14);;/q;2*+1/p-2/t3-,4+,5+,6+;;/m0../s1. The Morgan fingerprint density at radius 1 is 1.11 bits per heavy atom. The van der Waals surface area contributed by atoms with Gasteiger partial charge >= 0.3 is 59.1 Å². The first kappa shape index (κ1) is 24.6. The zero-order valence-corrected chi connectivity index (χ0v) is 14.8. The van der Waals surface area contributed by atoms with Crippen molar-refractivity contribution in [2.45, 2.75) is 24.4 Å². The van der Waals surface area contributed by atoms with E-state index in [-0.39, 0.29) is 65.4 Å². The van der Waals surface area contributed by atoms with E-state index < -0.39 is 38.8 Å².